The summed E-state index contributed by atoms with van der Waals surface area (Å²) in [5.74, 6) is -0.488. The molecule has 2 aromatic carbocycles. The highest BCUT2D eigenvalue weighted by Gasteiger charge is 2.53. The Labute approximate surface area is 165 Å². The molecule has 2 heterocycles. The minimum absolute atomic E-state index is 0.0879. The Morgan fingerprint density at radius 3 is 2.38 bits per heavy atom. The number of ether oxygens (including phenoxy) is 3. The first-order valence-corrected chi connectivity index (χ1v) is 10.3. The average Bonchev–Trinajstić information content (AvgIpc) is 3.46. The molecule has 0 amide bonds. The van der Waals surface area contributed by atoms with Gasteiger partial charge in [-0.2, -0.15) is 4.31 Å². The molecule has 6 nitrogen and oxygen atoms in total. The van der Waals surface area contributed by atoms with Crippen LogP contribution in [0.4, 0.5) is 13.2 Å². The molecule has 0 unspecified atom stereocenters. The molecule has 2 aromatic rings. The molecule has 0 spiro atoms. The van der Waals surface area contributed by atoms with Gasteiger partial charge in [0, 0.05) is 6.54 Å². The molecule has 2 fully saturated rings. The summed E-state index contributed by atoms with van der Waals surface area (Å²) in [6.07, 6.45) is -5.24. The first-order chi connectivity index (χ1) is 13.7. The van der Waals surface area contributed by atoms with Crippen LogP contribution >= 0.6 is 0 Å². The fourth-order valence-electron chi connectivity index (χ4n) is 3.37. The summed E-state index contributed by atoms with van der Waals surface area (Å²) in [5.41, 5.74) is 0.774. The highest BCUT2D eigenvalue weighted by molar-refractivity contribution is 7.89. The SMILES string of the molecule is O=S(=O)(c1ccc(OC(F)(F)F)cc1)N(Cc1ccccc1)[C@H]1COC[C@@H]2O[C@@H]21. The molecule has 0 radical (unpaired) electrons. The van der Waals surface area contributed by atoms with E-state index in [2.05, 4.69) is 4.74 Å². The lowest BCUT2D eigenvalue weighted by molar-refractivity contribution is -0.274. The maximum atomic E-state index is 13.3. The summed E-state index contributed by atoms with van der Waals surface area (Å²) in [5, 5.41) is 0. The van der Waals surface area contributed by atoms with Crippen LogP contribution in [0.15, 0.2) is 59.5 Å². The van der Waals surface area contributed by atoms with E-state index in [0.29, 0.717) is 6.61 Å². The lowest BCUT2D eigenvalue weighted by atomic mass is 10.1. The lowest BCUT2D eigenvalue weighted by Gasteiger charge is -2.31. The van der Waals surface area contributed by atoms with Crippen molar-refractivity contribution in [1.29, 1.82) is 0 Å². The smallest absolute Gasteiger partial charge is 0.406 e. The highest BCUT2D eigenvalue weighted by Crippen LogP contribution is 2.36. The van der Waals surface area contributed by atoms with Gasteiger partial charge in [-0.1, -0.05) is 30.3 Å². The molecule has 10 heteroatoms. The standard InChI is InChI=1S/C19H18F3NO5S/c20-19(21,22)28-14-6-8-15(9-7-14)29(24,25)23(10-13-4-2-1-3-5-13)16-11-26-12-17-18(16)27-17/h1-9,16-18H,10-12H2/t16-,17-,18+/m0/s1. The minimum atomic E-state index is -4.85. The molecule has 29 heavy (non-hydrogen) atoms. The number of hydrogen-bond donors (Lipinski definition) is 0. The van der Waals surface area contributed by atoms with Crippen molar-refractivity contribution in [2.24, 2.45) is 0 Å². The average molecular weight is 429 g/mol. The van der Waals surface area contributed by atoms with Crippen molar-refractivity contribution in [3.63, 3.8) is 0 Å². The molecule has 0 saturated carbocycles. The van der Waals surface area contributed by atoms with Gasteiger partial charge >= 0.3 is 6.36 Å². The van der Waals surface area contributed by atoms with Crippen molar-refractivity contribution in [1.82, 2.24) is 4.31 Å². The summed E-state index contributed by atoms with van der Waals surface area (Å²) >= 11 is 0. The number of benzene rings is 2. The molecule has 0 bridgehead atoms. The Balaban J connectivity index is 1.63. The molecule has 2 saturated heterocycles. The Morgan fingerprint density at radius 2 is 1.72 bits per heavy atom. The Hall–Kier alpha value is -2.14. The van der Waals surface area contributed by atoms with Crippen LogP contribution in [0.3, 0.4) is 0 Å². The van der Waals surface area contributed by atoms with Gasteiger partial charge in [0.2, 0.25) is 10.0 Å². The number of halogens is 3. The van der Waals surface area contributed by atoms with E-state index in [4.69, 9.17) is 9.47 Å². The van der Waals surface area contributed by atoms with Crippen molar-refractivity contribution in [3.05, 3.63) is 60.2 Å². The molecule has 0 aliphatic carbocycles. The van der Waals surface area contributed by atoms with Crippen LogP contribution in [-0.4, -0.2) is 50.5 Å². The summed E-state index contributed by atoms with van der Waals surface area (Å²) in [6, 6.07) is 12.7. The van der Waals surface area contributed by atoms with Gasteiger partial charge in [0.05, 0.1) is 24.2 Å². The zero-order valence-corrected chi connectivity index (χ0v) is 15.9. The number of sulfonamides is 1. The molecular formula is C19H18F3NO5S. The van der Waals surface area contributed by atoms with Crippen LogP contribution in [0.5, 0.6) is 5.75 Å². The van der Waals surface area contributed by atoms with Crippen LogP contribution in [-0.2, 0) is 26.0 Å². The second kappa shape index (κ2) is 7.60. The van der Waals surface area contributed by atoms with Gasteiger partial charge in [-0.3, -0.25) is 0 Å². The van der Waals surface area contributed by atoms with Crippen LogP contribution in [0.1, 0.15) is 5.56 Å². The van der Waals surface area contributed by atoms with E-state index < -0.39 is 28.2 Å². The third-order valence-corrected chi connectivity index (χ3v) is 6.67. The largest absolute Gasteiger partial charge is 0.573 e. The number of fused-ring (bicyclic) bond motifs is 1. The minimum Gasteiger partial charge on any atom is -0.406 e. The van der Waals surface area contributed by atoms with Crippen LogP contribution in [0.25, 0.3) is 0 Å². The molecule has 2 aliphatic heterocycles. The fraction of sp³-hybridized carbons (Fsp3) is 0.368. The maximum Gasteiger partial charge on any atom is 0.573 e. The zero-order valence-electron chi connectivity index (χ0n) is 15.1. The highest BCUT2D eigenvalue weighted by atomic mass is 32.2. The molecular weight excluding hydrogens is 411 g/mol. The quantitative estimate of drug-likeness (QED) is 0.661. The summed E-state index contributed by atoms with van der Waals surface area (Å²) in [7, 11) is -4.03. The van der Waals surface area contributed by atoms with Gasteiger partial charge in [0.15, 0.2) is 0 Å². The molecule has 2 aliphatic rings. The van der Waals surface area contributed by atoms with Crippen LogP contribution in [0.2, 0.25) is 0 Å². The van der Waals surface area contributed by atoms with Crippen LogP contribution < -0.4 is 4.74 Å². The number of nitrogens with zero attached hydrogens (tertiary/aromatic N) is 1. The number of hydrogen-bond acceptors (Lipinski definition) is 5. The second-order valence-electron chi connectivity index (χ2n) is 6.80. The predicted octanol–water partition coefficient (Wildman–Crippen LogP) is 2.94. The summed E-state index contributed by atoms with van der Waals surface area (Å²) in [6.45, 7) is 0.691. The molecule has 0 aromatic heterocycles. The van der Waals surface area contributed by atoms with E-state index >= 15 is 0 Å². The number of epoxide rings is 1. The van der Waals surface area contributed by atoms with Crippen molar-refractivity contribution < 1.29 is 35.8 Å². The van der Waals surface area contributed by atoms with Crippen molar-refractivity contribution in [2.75, 3.05) is 13.2 Å². The topological polar surface area (TPSA) is 68.4 Å². The van der Waals surface area contributed by atoms with E-state index in [0.717, 1.165) is 29.8 Å². The van der Waals surface area contributed by atoms with E-state index in [9.17, 15) is 21.6 Å². The summed E-state index contributed by atoms with van der Waals surface area (Å²) < 4.78 is 79.9. The zero-order chi connectivity index (χ0) is 20.6. The molecule has 3 atom stereocenters. The van der Waals surface area contributed by atoms with Crippen LogP contribution in [0, 0.1) is 0 Å². The van der Waals surface area contributed by atoms with Gasteiger partial charge in [0.25, 0.3) is 0 Å². The second-order valence-corrected chi connectivity index (χ2v) is 8.69. The Bertz CT molecular complexity index is 950. The molecule has 4 rings (SSSR count). The fourth-order valence-corrected chi connectivity index (χ4v) is 4.98. The van der Waals surface area contributed by atoms with Gasteiger partial charge in [0.1, 0.15) is 18.0 Å². The predicted molar refractivity (Wildman–Crippen MR) is 95.6 cm³/mol. The normalized spacial score (nSPS) is 24.2. The third-order valence-electron chi connectivity index (χ3n) is 4.79. The lowest BCUT2D eigenvalue weighted by Crippen LogP contribution is -2.48. The van der Waals surface area contributed by atoms with E-state index in [1.54, 1.807) is 24.3 Å². The van der Waals surface area contributed by atoms with Gasteiger partial charge in [-0.25, -0.2) is 8.42 Å². The Morgan fingerprint density at radius 1 is 1.03 bits per heavy atom. The summed E-state index contributed by atoms with van der Waals surface area (Å²) in [4.78, 5) is -0.134. The number of alkyl halides is 3. The molecule has 0 N–H and O–H groups in total. The van der Waals surface area contributed by atoms with E-state index in [1.165, 1.54) is 4.31 Å². The third kappa shape index (κ3) is 4.55. The van der Waals surface area contributed by atoms with E-state index in [-0.39, 0.29) is 30.3 Å². The van der Waals surface area contributed by atoms with Crippen molar-refractivity contribution in [3.8, 4) is 5.75 Å². The monoisotopic (exact) mass is 429 g/mol. The first kappa shape index (κ1) is 20.1. The van der Waals surface area contributed by atoms with Crippen molar-refractivity contribution in [2.45, 2.75) is 36.1 Å². The van der Waals surface area contributed by atoms with Gasteiger partial charge in [-0.05, 0) is 29.8 Å². The van der Waals surface area contributed by atoms with Crippen molar-refractivity contribution >= 4 is 10.0 Å². The first-order valence-electron chi connectivity index (χ1n) is 8.89. The van der Waals surface area contributed by atoms with Gasteiger partial charge < -0.3 is 14.2 Å². The number of rotatable bonds is 6. The maximum absolute atomic E-state index is 13.3. The molecule has 156 valence electrons. The van der Waals surface area contributed by atoms with Gasteiger partial charge in [-0.15, -0.1) is 13.2 Å². The van der Waals surface area contributed by atoms with E-state index in [1.807, 2.05) is 6.07 Å². The Kier molecular flexibility index (Phi) is 5.28.